The second kappa shape index (κ2) is 34.2. The van der Waals surface area contributed by atoms with Crippen LogP contribution in [0.4, 0.5) is 0 Å². The number of aliphatic hydroxyl groups is 6. The molecule has 126 heavy (non-hydrogen) atoms. The second-order valence-corrected chi connectivity index (χ2v) is 31.3. The first-order valence-corrected chi connectivity index (χ1v) is 39.7. The van der Waals surface area contributed by atoms with Gasteiger partial charge in [-0.15, -0.1) is 0 Å². The van der Waals surface area contributed by atoms with E-state index < -0.39 is 265 Å². The molecule has 12 aliphatic heterocycles. The number of carbonyl (C=O) groups excluding carboxylic acids is 3. The van der Waals surface area contributed by atoms with Crippen molar-refractivity contribution >= 4 is 17.9 Å². The normalized spacial score (nSPS) is 41.9. The highest BCUT2D eigenvalue weighted by Crippen LogP contribution is 2.62. The molecule has 9 saturated heterocycles. The topological polar surface area (TPSA) is 482 Å². The van der Waals surface area contributed by atoms with Crippen LogP contribution in [0, 0.1) is 35.5 Å². The number of aromatic hydroxyl groups is 3. The Balaban J connectivity index is 0.000000137. The van der Waals surface area contributed by atoms with Gasteiger partial charge in [-0.05, 0) is 144 Å². The summed E-state index contributed by atoms with van der Waals surface area (Å²) in [5.41, 5.74) is 1.35. The summed E-state index contributed by atoms with van der Waals surface area (Å²) < 4.78 is 300. The third-order valence-electron chi connectivity index (χ3n) is 24.3. The number of rotatable bonds is 15. The van der Waals surface area contributed by atoms with Gasteiger partial charge in [-0.25, -0.2) is 0 Å². The minimum atomic E-state index is -3.15. The van der Waals surface area contributed by atoms with Crippen molar-refractivity contribution in [2.75, 3.05) is 102 Å². The van der Waals surface area contributed by atoms with Crippen LogP contribution in [0.5, 0.6) is 86.2 Å². The van der Waals surface area contributed by atoms with Crippen molar-refractivity contribution in [2.24, 2.45) is 35.5 Å². The van der Waals surface area contributed by atoms with Gasteiger partial charge in [0.2, 0.25) is 37.6 Å². The third kappa shape index (κ3) is 14.8. The molecule has 0 bridgehead atoms. The quantitative estimate of drug-likeness (QED) is 0.0518. The Labute approximate surface area is 743 Å². The molecule has 39 nitrogen and oxygen atoms in total. The van der Waals surface area contributed by atoms with Crippen molar-refractivity contribution in [2.45, 2.75) is 168 Å². The molecular formula is C87H96O39. The molecule has 21 rings (SSSR count). The first-order valence-electron chi connectivity index (χ1n) is 48.7. The highest BCUT2D eigenvalue weighted by molar-refractivity contribution is 5.81. The van der Waals surface area contributed by atoms with Crippen LogP contribution in [-0.2, 0) is 85.4 Å². The van der Waals surface area contributed by atoms with Crippen molar-refractivity contribution in [3.05, 3.63) is 123 Å². The van der Waals surface area contributed by atoms with Gasteiger partial charge in [0.1, 0.15) is 73.2 Å². The molecule has 6 aromatic carbocycles. The van der Waals surface area contributed by atoms with E-state index in [4.69, 9.17) is 150 Å². The van der Waals surface area contributed by atoms with Crippen LogP contribution in [0.1, 0.15) is 132 Å². The Morgan fingerprint density at radius 1 is 0.349 bits per heavy atom. The van der Waals surface area contributed by atoms with Gasteiger partial charge in [-0.2, -0.15) is 0 Å². The molecule has 0 saturated carbocycles. The van der Waals surface area contributed by atoms with Crippen molar-refractivity contribution in [3.8, 4) is 86.2 Å². The number of hydrogen-bond acceptors (Lipinski definition) is 39. The zero-order valence-electron chi connectivity index (χ0n) is 85.2. The van der Waals surface area contributed by atoms with Crippen LogP contribution in [0.3, 0.4) is 0 Å². The molecule has 39 heteroatoms. The van der Waals surface area contributed by atoms with Gasteiger partial charge in [0.05, 0.1) is 140 Å². The predicted octanol–water partition coefficient (Wildman–Crippen LogP) is 4.02. The maximum Gasteiger partial charge on any atom is 0.310 e. The minimum Gasteiger partial charge on any atom is -0.502 e. The monoisotopic (exact) mass is 1780 g/mol. The molecule has 12 heterocycles. The first-order chi connectivity index (χ1) is 67.5. The number of cyclic esters (lactones) is 3. The Morgan fingerprint density at radius 2 is 0.651 bits per heavy atom. The van der Waals surface area contributed by atoms with Gasteiger partial charge in [0, 0.05) is 38.2 Å². The Morgan fingerprint density at radius 3 is 1.02 bits per heavy atom. The molecule has 0 amide bonds. The van der Waals surface area contributed by atoms with Gasteiger partial charge < -0.3 is 174 Å². The molecule has 6 aromatic rings. The summed E-state index contributed by atoms with van der Waals surface area (Å²) in [6.07, 6.45) is -31.8. The number of carbonyl (C=O) groups is 3. The van der Waals surface area contributed by atoms with Crippen molar-refractivity contribution in [3.63, 3.8) is 0 Å². The maximum absolute atomic E-state index is 13.7. The van der Waals surface area contributed by atoms with Gasteiger partial charge in [-0.3, -0.25) is 14.4 Å². The van der Waals surface area contributed by atoms with Crippen LogP contribution < -0.4 is 56.8 Å². The summed E-state index contributed by atoms with van der Waals surface area (Å²) >= 11 is 0. The van der Waals surface area contributed by atoms with E-state index in [1.165, 1.54) is 97.7 Å². The summed E-state index contributed by atoms with van der Waals surface area (Å²) in [6, 6.07) is 16.5. The number of fused-ring (bicyclic) bond motifs is 12. The van der Waals surface area contributed by atoms with Crippen LogP contribution in [-0.4, -0.2) is 277 Å². The molecule has 15 aliphatic rings. The molecular weight excluding hydrogens is 1670 g/mol. The highest BCUT2D eigenvalue weighted by Gasteiger charge is 2.61. The van der Waals surface area contributed by atoms with Crippen molar-refractivity contribution < 1.29 is 213 Å². The number of phenolic OH excluding ortho intramolecular Hbond substituents is 3. The largest absolute Gasteiger partial charge is 0.502 e. The first kappa shape index (κ1) is 66.4. The summed E-state index contributed by atoms with van der Waals surface area (Å²) in [4.78, 5) is 40.9. The number of phenols is 3. The molecule has 9 N–H and O–H groups in total. The number of aliphatic hydroxyl groups excluding tert-OH is 6. The SMILES string of the molecule is [2H]C([2H])([2H])Oc1cc([C@]2([2H])c3cc4c(cc3[C@@H](O[C@@H]3O[C@H]5[C@@H](O[C@H](C)OC5([2H])[2H])[C@H](O)[C@H]3O)[C@H]3COC(=O)[C@@H]32)OCO4)cc(OC([2H])([2H])[2H])c1O.[2H]C1([2H])OC(=O)[C@@H]2[C@H](c3cc(OC)c(O)c(OC)c3)c3cc4c(cc3[C@@H](O[C@@H]3O[C@H]5[C@@H](O[C@H](C)OC5([2H])[2H])[C@H](O)[C@H]3O)[C@H]21)OCO4.[2H]C1([2H])OC(=O)[C@H]2[C@H]1[C@H](O[C@@H]1O[C@H]3[C@@H](O[C@H](C)OC3([2H])[2H])[C@H](O)[C@H]1O)c1cc3c(cc1[C@@]2([2H])c1cc(OC)c(O)c(OC)c1)OCO3. The van der Waals surface area contributed by atoms with Gasteiger partial charge in [0.25, 0.3) is 0 Å². The second-order valence-electron chi connectivity index (χ2n) is 31.3. The van der Waals surface area contributed by atoms with Gasteiger partial charge in [0.15, 0.2) is 107 Å². The molecule has 3 aliphatic carbocycles. The van der Waals surface area contributed by atoms with Crippen LogP contribution in [0.15, 0.2) is 72.8 Å². The summed E-state index contributed by atoms with van der Waals surface area (Å²) in [7, 11) is -1.04. The van der Waals surface area contributed by atoms with E-state index in [0.717, 1.165) is 12.1 Å². The van der Waals surface area contributed by atoms with Crippen LogP contribution in [0.25, 0.3) is 0 Å². The standard InChI is InChI=1S/3C29H32O13/c3*1-11-36-9-20-27(40-11)24(31)25(32)29(41-20)42-26-14-7-17-16(38-10-39-17)6-13(14)21(22-15(26)8-37-28(22)33)12-4-18(34-2)23(30)19(5-12)35-3/h3*4-7,11,15,20-22,24-27,29-32H,8-10H2,1-3H3/t3*11-,15+,20-,21-,22+,24-,25-,26-,27-,29+/m111/s1/i2D3,3D3,9D2,21D;8D2,9D2,21D;8D2,9D2. The average Bonchev–Trinajstić information content (AvgIpc) is 1.54. The average molecular weight is 1780 g/mol. The predicted molar refractivity (Wildman–Crippen MR) is 415 cm³/mol. The number of hydrogen-bond donors (Lipinski definition) is 9. The van der Waals surface area contributed by atoms with Crippen LogP contribution in [0.2, 0.25) is 0 Å². The Bertz CT molecular complexity index is 5920. The molecule has 0 unspecified atom stereocenters. The lowest BCUT2D eigenvalue weighted by Gasteiger charge is -2.47. The van der Waals surface area contributed by atoms with Gasteiger partial charge in [-0.1, -0.05) is 0 Å². The van der Waals surface area contributed by atoms with E-state index in [1.807, 2.05) is 0 Å². The summed E-state index contributed by atoms with van der Waals surface area (Å²) in [5.74, 6) is -18.5. The van der Waals surface area contributed by atoms with E-state index in [1.54, 1.807) is 12.1 Å². The van der Waals surface area contributed by atoms with Crippen molar-refractivity contribution in [1.82, 2.24) is 0 Å². The summed E-state index contributed by atoms with van der Waals surface area (Å²) in [5, 5.41) is 98.5. The molecule has 0 spiro atoms. The number of ether oxygens (including phenoxy) is 27. The van der Waals surface area contributed by atoms with Gasteiger partial charge >= 0.3 is 17.9 Å². The molecule has 0 radical (unpaired) electrons. The zero-order valence-corrected chi connectivity index (χ0v) is 67.2. The Kier molecular flexibility index (Phi) is 18.0. The molecule has 0 aromatic heterocycles. The van der Waals surface area contributed by atoms with Crippen molar-refractivity contribution in [1.29, 1.82) is 0 Å². The fraction of sp³-hybridized carbons (Fsp3) is 0.552. The number of esters is 3. The Hall–Kier alpha value is -9.99. The third-order valence-corrected chi connectivity index (χ3v) is 24.3. The van der Waals surface area contributed by atoms with Crippen LogP contribution >= 0.6 is 0 Å². The molecule has 9 fully saturated rings. The minimum absolute atomic E-state index is 0.0144. The molecule has 30 atom stereocenters. The van der Waals surface area contributed by atoms with E-state index in [-0.39, 0.29) is 118 Å². The van der Waals surface area contributed by atoms with E-state index >= 15 is 0 Å². The van der Waals surface area contributed by atoms with E-state index in [0.29, 0.717) is 28.2 Å². The fourth-order valence-corrected chi connectivity index (χ4v) is 18.4. The lowest BCUT2D eigenvalue weighted by atomic mass is 9.66. The van der Waals surface area contributed by atoms with E-state index in [2.05, 4.69) is 0 Å². The fourth-order valence-electron chi connectivity index (χ4n) is 18.4. The smallest absolute Gasteiger partial charge is 0.310 e. The maximum atomic E-state index is 13.7. The summed E-state index contributed by atoms with van der Waals surface area (Å²) in [6.45, 7) is -9.36. The number of benzene rings is 6. The van der Waals surface area contributed by atoms with E-state index in [9.17, 15) is 63.1 Å². The lowest BCUT2D eigenvalue weighted by Crippen LogP contribution is -2.63. The molecule has 678 valence electrons. The lowest BCUT2D eigenvalue weighted by molar-refractivity contribution is -0.364. The highest BCUT2D eigenvalue weighted by atomic mass is 16.8. The zero-order chi connectivity index (χ0) is 104. The number of methoxy groups -OCH3 is 6.